The van der Waals surface area contributed by atoms with Gasteiger partial charge in [0.05, 0.1) is 5.56 Å². The minimum Gasteiger partial charge on any atom is -0.398 e. The molecule has 1 aromatic carbocycles. The van der Waals surface area contributed by atoms with Crippen LogP contribution in [0.3, 0.4) is 0 Å². The largest absolute Gasteiger partial charge is 0.398 e. The van der Waals surface area contributed by atoms with Gasteiger partial charge in [-0.15, -0.1) is 0 Å². The van der Waals surface area contributed by atoms with Crippen molar-refractivity contribution in [2.75, 3.05) is 5.73 Å². The molecule has 4 fully saturated rings. The third-order valence-corrected chi connectivity index (χ3v) is 6.56. The molecule has 0 heterocycles. The van der Waals surface area contributed by atoms with Crippen molar-refractivity contribution in [3.05, 3.63) is 29.8 Å². The topological polar surface area (TPSA) is 55.1 Å². The number of para-hydroxylation sites is 1. The van der Waals surface area contributed by atoms with Crippen molar-refractivity contribution >= 4 is 11.6 Å². The maximum atomic E-state index is 12.6. The van der Waals surface area contributed by atoms with Crippen LogP contribution in [0.5, 0.6) is 0 Å². The van der Waals surface area contributed by atoms with Gasteiger partial charge in [0.15, 0.2) is 0 Å². The fourth-order valence-corrected chi connectivity index (χ4v) is 5.84. The van der Waals surface area contributed by atoms with Crippen LogP contribution in [-0.2, 0) is 0 Å². The molecule has 22 heavy (non-hydrogen) atoms. The second kappa shape index (κ2) is 5.00. The number of rotatable bonds is 3. The van der Waals surface area contributed by atoms with E-state index in [9.17, 15) is 4.79 Å². The zero-order chi connectivity index (χ0) is 15.3. The summed E-state index contributed by atoms with van der Waals surface area (Å²) in [6, 6.07) is 7.60. The van der Waals surface area contributed by atoms with Crippen molar-refractivity contribution in [2.45, 2.75) is 51.5 Å². The lowest BCUT2D eigenvalue weighted by atomic mass is 9.48. The van der Waals surface area contributed by atoms with E-state index in [1.165, 1.54) is 38.5 Å². The monoisotopic (exact) mass is 298 g/mol. The number of hydrogen-bond acceptors (Lipinski definition) is 2. The van der Waals surface area contributed by atoms with Crippen LogP contribution in [-0.4, -0.2) is 11.9 Å². The zero-order valence-corrected chi connectivity index (χ0v) is 13.3. The first kappa shape index (κ1) is 14.1. The highest BCUT2D eigenvalue weighted by Crippen LogP contribution is 2.61. The number of nitrogens with one attached hydrogen (secondary N) is 1. The predicted molar refractivity (Wildman–Crippen MR) is 88.4 cm³/mol. The van der Waals surface area contributed by atoms with E-state index in [2.05, 4.69) is 12.2 Å². The molecule has 5 rings (SSSR count). The van der Waals surface area contributed by atoms with Gasteiger partial charge in [-0.05, 0) is 80.8 Å². The highest BCUT2D eigenvalue weighted by atomic mass is 16.1. The third kappa shape index (κ3) is 2.22. The fourth-order valence-electron chi connectivity index (χ4n) is 5.84. The van der Waals surface area contributed by atoms with E-state index < -0.39 is 0 Å². The number of amides is 1. The lowest BCUT2D eigenvalue weighted by Crippen LogP contribution is -2.55. The Morgan fingerprint density at radius 3 is 2.23 bits per heavy atom. The van der Waals surface area contributed by atoms with Crippen molar-refractivity contribution in [3.63, 3.8) is 0 Å². The third-order valence-electron chi connectivity index (χ3n) is 6.56. The number of anilines is 1. The number of carbonyl (C=O) groups is 1. The smallest absolute Gasteiger partial charge is 0.253 e. The minimum absolute atomic E-state index is 0.0126. The van der Waals surface area contributed by atoms with Gasteiger partial charge in [0.1, 0.15) is 0 Å². The van der Waals surface area contributed by atoms with Crippen LogP contribution in [0, 0.1) is 23.2 Å². The summed E-state index contributed by atoms with van der Waals surface area (Å²) in [6.45, 7) is 2.21. The molecule has 4 aliphatic rings. The summed E-state index contributed by atoms with van der Waals surface area (Å²) >= 11 is 0. The normalized spacial score (nSPS) is 37.0. The molecule has 0 aliphatic heterocycles. The summed E-state index contributed by atoms with van der Waals surface area (Å²) < 4.78 is 0. The molecule has 1 atom stereocenters. The van der Waals surface area contributed by atoms with Crippen LogP contribution in [0.15, 0.2) is 24.3 Å². The van der Waals surface area contributed by atoms with Crippen LogP contribution in [0.1, 0.15) is 55.8 Å². The van der Waals surface area contributed by atoms with Crippen LogP contribution >= 0.6 is 0 Å². The Hall–Kier alpha value is -1.51. The molecule has 0 radical (unpaired) electrons. The molecular formula is C19H26N2O. The Labute approximate surface area is 132 Å². The Morgan fingerprint density at radius 2 is 1.68 bits per heavy atom. The summed E-state index contributed by atoms with van der Waals surface area (Å²) in [5, 5.41) is 3.28. The first-order valence-electron chi connectivity index (χ1n) is 8.71. The molecule has 4 aliphatic carbocycles. The molecule has 3 heteroatoms. The molecule has 4 saturated carbocycles. The molecular weight excluding hydrogens is 272 g/mol. The maximum Gasteiger partial charge on any atom is 0.253 e. The second-order valence-electron chi connectivity index (χ2n) is 8.06. The summed E-state index contributed by atoms with van der Waals surface area (Å²) in [7, 11) is 0. The average Bonchev–Trinajstić information content (AvgIpc) is 2.46. The Bertz CT molecular complexity index is 560. The molecule has 1 unspecified atom stereocenters. The van der Waals surface area contributed by atoms with E-state index in [0.29, 0.717) is 16.7 Å². The molecule has 1 amide bonds. The number of carbonyl (C=O) groups excluding carboxylic acids is 1. The van der Waals surface area contributed by atoms with Gasteiger partial charge in [0.2, 0.25) is 0 Å². The summed E-state index contributed by atoms with van der Waals surface area (Å²) in [4.78, 5) is 12.6. The van der Waals surface area contributed by atoms with Crippen LogP contribution in [0.4, 0.5) is 5.69 Å². The first-order chi connectivity index (χ1) is 10.6. The van der Waals surface area contributed by atoms with Gasteiger partial charge in [-0.25, -0.2) is 0 Å². The van der Waals surface area contributed by atoms with E-state index in [1.54, 1.807) is 6.07 Å². The van der Waals surface area contributed by atoms with Crippen molar-refractivity contribution in [2.24, 2.45) is 23.2 Å². The van der Waals surface area contributed by atoms with Gasteiger partial charge in [-0.2, -0.15) is 0 Å². The summed E-state index contributed by atoms with van der Waals surface area (Å²) in [5.74, 6) is 2.72. The average molecular weight is 298 g/mol. The SMILES string of the molecule is CC(NC(=O)c1ccccc1N)C12CC3CC(CC(C3)C1)C2. The lowest BCUT2D eigenvalue weighted by Gasteiger charge is -2.59. The summed E-state index contributed by atoms with van der Waals surface area (Å²) in [6.07, 6.45) is 8.24. The number of nitrogens with two attached hydrogens (primary N) is 1. The Morgan fingerprint density at radius 1 is 1.14 bits per heavy atom. The number of hydrogen-bond donors (Lipinski definition) is 2. The molecule has 3 N–H and O–H groups in total. The minimum atomic E-state index is -0.0126. The zero-order valence-electron chi connectivity index (χ0n) is 13.3. The van der Waals surface area contributed by atoms with Crippen molar-refractivity contribution in [3.8, 4) is 0 Å². The van der Waals surface area contributed by atoms with Crippen LogP contribution in [0.2, 0.25) is 0 Å². The Kier molecular flexibility index (Phi) is 3.21. The maximum absolute atomic E-state index is 12.6. The molecule has 3 nitrogen and oxygen atoms in total. The van der Waals surface area contributed by atoms with Crippen LogP contribution in [0.25, 0.3) is 0 Å². The van der Waals surface area contributed by atoms with Gasteiger partial charge in [-0.1, -0.05) is 12.1 Å². The van der Waals surface area contributed by atoms with Gasteiger partial charge < -0.3 is 11.1 Å². The molecule has 0 spiro atoms. The molecule has 1 aromatic rings. The van der Waals surface area contributed by atoms with Crippen molar-refractivity contribution < 1.29 is 4.79 Å². The molecule has 4 bridgehead atoms. The van der Waals surface area contributed by atoms with E-state index in [0.717, 1.165) is 17.8 Å². The quantitative estimate of drug-likeness (QED) is 0.838. The van der Waals surface area contributed by atoms with Crippen molar-refractivity contribution in [1.29, 1.82) is 0 Å². The lowest BCUT2D eigenvalue weighted by molar-refractivity contribution is -0.0687. The highest BCUT2D eigenvalue weighted by Gasteiger charge is 2.53. The predicted octanol–water partition coefficient (Wildman–Crippen LogP) is 3.60. The van der Waals surface area contributed by atoms with Crippen LogP contribution < -0.4 is 11.1 Å². The molecule has 118 valence electrons. The van der Waals surface area contributed by atoms with E-state index in [4.69, 9.17) is 5.73 Å². The fraction of sp³-hybridized carbons (Fsp3) is 0.632. The van der Waals surface area contributed by atoms with E-state index in [-0.39, 0.29) is 11.9 Å². The Balaban J connectivity index is 1.52. The van der Waals surface area contributed by atoms with E-state index >= 15 is 0 Å². The van der Waals surface area contributed by atoms with Gasteiger partial charge in [-0.3, -0.25) is 4.79 Å². The van der Waals surface area contributed by atoms with Gasteiger partial charge in [0, 0.05) is 11.7 Å². The van der Waals surface area contributed by atoms with Gasteiger partial charge >= 0.3 is 0 Å². The van der Waals surface area contributed by atoms with Crippen molar-refractivity contribution in [1.82, 2.24) is 5.32 Å². The highest BCUT2D eigenvalue weighted by molar-refractivity contribution is 5.99. The second-order valence-corrected chi connectivity index (χ2v) is 8.06. The molecule has 0 aromatic heterocycles. The molecule has 0 saturated heterocycles. The first-order valence-corrected chi connectivity index (χ1v) is 8.71. The summed E-state index contributed by atoms with van der Waals surface area (Å²) in [5.41, 5.74) is 7.46. The standard InChI is InChI=1S/C19H26N2O/c1-12(21-18(22)16-4-2-3-5-17(16)20)19-9-13-6-14(10-19)8-15(7-13)11-19/h2-5,12-15H,6-11,20H2,1H3,(H,21,22). The van der Waals surface area contributed by atoms with Gasteiger partial charge in [0.25, 0.3) is 5.91 Å². The number of benzene rings is 1. The number of nitrogen functional groups attached to an aromatic ring is 1. The van der Waals surface area contributed by atoms with E-state index in [1.807, 2.05) is 18.2 Å².